The van der Waals surface area contributed by atoms with E-state index in [1.165, 1.54) is 16.2 Å². The Balaban J connectivity index is 1.71. The summed E-state index contributed by atoms with van der Waals surface area (Å²) in [6.45, 7) is 3.58. The number of aliphatic carboxylic acids is 1. The maximum atomic E-state index is 12.5. The molecule has 0 saturated carbocycles. The largest absolute Gasteiger partial charge is 0.480 e. The number of amides is 1. The van der Waals surface area contributed by atoms with Gasteiger partial charge in [-0.05, 0) is 24.3 Å². The van der Waals surface area contributed by atoms with Gasteiger partial charge in [-0.3, -0.25) is 9.69 Å². The lowest BCUT2D eigenvalue weighted by Gasteiger charge is -2.42. The zero-order valence-corrected chi connectivity index (χ0v) is 13.1. The minimum Gasteiger partial charge on any atom is -0.480 e. The number of likely N-dealkylation sites (tertiary alicyclic amines) is 1. The lowest BCUT2D eigenvalue weighted by molar-refractivity contribution is -0.144. The van der Waals surface area contributed by atoms with Crippen LogP contribution in [-0.4, -0.2) is 71.7 Å². The van der Waals surface area contributed by atoms with E-state index in [9.17, 15) is 14.7 Å². The summed E-state index contributed by atoms with van der Waals surface area (Å²) in [6, 6.07) is 3.04. The highest BCUT2D eigenvalue weighted by atomic mass is 32.1. The molecular formula is C15H20N2O4S. The van der Waals surface area contributed by atoms with Crippen molar-refractivity contribution in [1.82, 2.24) is 9.80 Å². The summed E-state index contributed by atoms with van der Waals surface area (Å²) in [5.41, 5.74) is 0. The fraction of sp³-hybridized carbons (Fsp3) is 0.600. The highest BCUT2D eigenvalue weighted by molar-refractivity contribution is 7.12. The molecule has 0 spiro atoms. The molecule has 0 radical (unpaired) electrons. The number of thiophene rings is 1. The molecule has 2 aliphatic rings. The lowest BCUT2D eigenvalue weighted by Crippen LogP contribution is -2.56. The van der Waals surface area contributed by atoms with E-state index >= 15 is 0 Å². The van der Waals surface area contributed by atoms with Gasteiger partial charge in [0.2, 0.25) is 0 Å². The third-order valence-electron chi connectivity index (χ3n) is 4.41. The predicted molar refractivity (Wildman–Crippen MR) is 82.2 cm³/mol. The van der Waals surface area contributed by atoms with Gasteiger partial charge < -0.3 is 14.7 Å². The number of rotatable bonds is 3. The molecule has 0 unspecified atom stereocenters. The Labute approximate surface area is 133 Å². The first-order valence-electron chi connectivity index (χ1n) is 7.56. The molecule has 2 aliphatic heterocycles. The van der Waals surface area contributed by atoms with Crippen LogP contribution in [0.3, 0.4) is 0 Å². The zero-order valence-electron chi connectivity index (χ0n) is 12.3. The second-order valence-corrected chi connectivity index (χ2v) is 6.60. The maximum absolute atomic E-state index is 12.5. The number of hydrogen-bond donors (Lipinski definition) is 1. The number of carbonyl (C=O) groups excluding carboxylic acids is 1. The lowest BCUT2D eigenvalue weighted by atomic mass is 9.95. The molecule has 22 heavy (non-hydrogen) atoms. The van der Waals surface area contributed by atoms with E-state index in [0.717, 1.165) is 19.5 Å². The van der Waals surface area contributed by atoms with Crippen LogP contribution < -0.4 is 0 Å². The standard InChI is InChI=1S/C15H20N2O4S/c18-14(13-2-1-9-22-13)17-4-3-11(10-12(17)15(19)20)16-5-7-21-8-6-16/h1-2,9,11-12H,3-8,10H2,(H,19,20)/t11-,12+/m0/s1. The van der Waals surface area contributed by atoms with Crippen molar-refractivity contribution in [2.24, 2.45) is 0 Å². The number of hydrogen-bond acceptors (Lipinski definition) is 5. The first-order chi connectivity index (χ1) is 10.7. The number of morpholine rings is 1. The van der Waals surface area contributed by atoms with Crippen LogP contribution in [0.25, 0.3) is 0 Å². The van der Waals surface area contributed by atoms with Crippen molar-refractivity contribution in [2.75, 3.05) is 32.8 Å². The first-order valence-corrected chi connectivity index (χ1v) is 8.44. The highest BCUT2D eigenvalue weighted by Crippen LogP contribution is 2.25. The Morgan fingerprint density at radius 1 is 1.27 bits per heavy atom. The Morgan fingerprint density at radius 3 is 2.68 bits per heavy atom. The van der Waals surface area contributed by atoms with Gasteiger partial charge in [0.1, 0.15) is 6.04 Å². The Bertz CT molecular complexity index is 528. The fourth-order valence-corrected chi connectivity index (χ4v) is 3.92. The molecule has 2 saturated heterocycles. The second kappa shape index (κ2) is 6.76. The van der Waals surface area contributed by atoms with Crippen molar-refractivity contribution in [3.05, 3.63) is 22.4 Å². The van der Waals surface area contributed by atoms with Crippen molar-refractivity contribution in [3.8, 4) is 0 Å². The molecule has 6 nitrogen and oxygen atoms in total. The van der Waals surface area contributed by atoms with Crippen LogP contribution in [0.1, 0.15) is 22.5 Å². The van der Waals surface area contributed by atoms with Gasteiger partial charge in [-0.15, -0.1) is 11.3 Å². The number of carboxylic acid groups (broad SMARTS) is 1. The normalized spacial score (nSPS) is 26.8. The van der Waals surface area contributed by atoms with Gasteiger partial charge in [0.15, 0.2) is 0 Å². The van der Waals surface area contributed by atoms with Crippen LogP contribution in [0.4, 0.5) is 0 Å². The number of piperidine rings is 1. The van der Waals surface area contributed by atoms with Gasteiger partial charge in [-0.25, -0.2) is 4.79 Å². The minimum atomic E-state index is -0.914. The van der Waals surface area contributed by atoms with E-state index in [4.69, 9.17) is 4.74 Å². The molecule has 0 aromatic carbocycles. The fourth-order valence-electron chi connectivity index (χ4n) is 3.24. The summed E-state index contributed by atoms with van der Waals surface area (Å²) in [7, 11) is 0. The van der Waals surface area contributed by atoms with Crippen molar-refractivity contribution < 1.29 is 19.4 Å². The molecule has 3 rings (SSSR count). The van der Waals surface area contributed by atoms with E-state index in [0.29, 0.717) is 31.1 Å². The summed E-state index contributed by atoms with van der Waals surface area (Å²) in [5.74, 6) is -1.08. The molecule has 1 amide bonds. The van der Waals surface area contributed by atoms with Gasteiger partial charge in [0, 0.05) is 25.7 Å². The number of ether oxygens (including phenoxy) is 1. The average Bonchev–Trinajstić information content (AvgIpc) is 3.09. The van der Waals surface area contributed by atoms with E-state index in [1.54, 1.807) is 6.07 Å². The van der Waals surface area contributed by atoms with Crippen LogP contribution in [0, 0.1) is 0 Å². The van der Waals surface area contributed by atoms with Crippen molar-refractivity contribution in [1.29, 1.82) is 0 Å². The van der Waals surface area contributed by atoms with Crippen LogP contribution >= 0.6 is 11.3 Å². The molecule has 0 bridgehead atoms. The smallest absolute Gasteiger partial charge is 0.326 e. The number of carbonyl (C=O) groups is 2. The molecule has 120 valence electrons. The van der Waals surface area contributed by atoms with Crippen LogP contribution in [0.2, 0.25) is 0 Å². The van der Waals surface area contributed by atoms with E-state index in [2.05, 4.69) is 4.90 Å². The Hall–Kier alpha value is -1.44. The molecule has 7 heteroatoms. The summed E-state index contributed by atoms with van der Waals surface area (Å²) in [4.78, 5) is 28.6. The van der Waals surface area contributed by atoms with Gasteiger partial charge in [-0.1, -0.05) is 6.07 Å². The van der Waals surface area contributed by atoms with Crippen LogP contribution in [0.15, 0.2) is 17.5 Å². The first kappa shape index (κ1) is 15.5. The van der Waals surface area contributed by atoms with Crippen molar-refractivity contribution in [3.63, 3.8) is 0 Å². The van der Waals surface area contributed by atoms with Gasteiger partial charge in [0.05, 0.1) is 18.1 Å². The summed E-state index contributed by atoms with van der Waals surface area (Å²) in [6.07, 6.45) is 1.31. The van der Waals surface area contributed by atoms with E-state index in [-0.39, 0.29) is 11.9 Å². The minimum absolute atomic E-state index is 0.164. The van der Waals surface area contributed by atoms with Crippen LogP contribution in [-0.2, 0) is 9.53 Å². The molecule has 2 fully saturated rings. The average molecular weight is 324 g/mol. The van der Waals surface area contributed by atoms with E-state index < -0.39 is 12.0 Å². The van der Waals surface area contributed by atoms with Gasteiger partial charge in [0.25, 0.3) is 5.91 Å². The SMILES string of the molecule is O=C(O)[C@H]1C[C@@H](N2CCOCC2)CCN1C(=O)c1cccs1. The van der Waals surface area contributed by atoms with Crippen molar-refractivity contribution in [2.45, 2.75) is 24.9 Å². The number of carboxylic acids is 1. The quantitative estimate of drug-likeness (QED) is 0.903. The molecule has 3 heterocycles. The predicted octanol–water partition coefficient (Wildman–Crippen LogP) is 1.14. The summed E-state index contributed by atoms with van der Waals surface area (Å²) < 4.78 is 5.35. The summed E-state index contributed by atoms with van der Waals surface area (Å²) >= 11 is 1.36. The van der Waals surface area contributed by atoms with E-state index in [1.807, 2.05) is 11.4 Å². The Morgan fingerprint density at radius 2 is 2.05 bits per heavy atom. The molecule has 2 atom stereocenters. The second-order valence-electron chi connectivity index (χ2n) is 5.66. The molecule has 1 N–H and O–H groups in total. The third-order valence-corrected chi connectivity index (χ3v) is 5.27. The van der Waals surface area contributed by atoms with Crippen LogP contribution in [0.5, 0.6) is 0 Å². The van der Waals surface area contributed by atoms with Gasteiger partial charge >= 0.3 is 5.97 Å². The third kappa shape index (κ3) is 3.16. The van der Waals surface area contributed by atoms with Gasteiger partial charge in [-0.2, -0.15) is 0 Å². The molecule has 0 aliphatic carbocycles. The topological polar surface area (TPSA) is 70.1 Å². The number of nitrogens with zero attached hydrogens (tertiary/aromatic N) is 2. The summed E-state index contributed by atoms with van der Waals surface area (Å²) in [5, 5.41) is 11.4. The Kier molecular flexibility index (Phi) is 4.75. The monoisotopic (exact) mass is 324 g/mol. The highest BCUT2D eigenvalue weighted by Gasteiger charge is 2.38. The maximum Gasteiger partial charge on any atom is 0.326 e. The van der Waals surface area contributed by atoms with Crippen molar-refractivity contribution >= 4 is 23.2 Å². The zero-order chi connectivity index (χ0) is 15.5. The molecule has 1 aromatic heterocycles. The molecular weight excluding hydrogens is 304 g/mol. The molecule has 1 aromatic rings.